The predicted octanol–water partition coefficient (Wildman–Crippen LogP) is 5.55. The second-order valence-corrected chi connectivity index (χ2v) is 6.72. The highest BCUT2D eigenvalue weighted by Gasteiger charge is 2.24. The number of hydrogen-bond donors (Lipinski definition) is 0. The Balaban J connectivity index is 3.79. The average molecular weight is 246 g/mol. The summed E-state index contributed by atoms with van der Waals surface area (Å²) in [5, 5.41) is 0. The monoisotopic (exact) mass is 246 g/mol. The maximum atomic E-state index is 3.88. The maximum Gasteiger partial charge on any atom is 0.00963 e. The minimum atomic E-state index is 0.506. The molecule has 0 aromatic carbocycles. The molecule has 0 atom stereocenters. The van der Waals surface area contributed by atoms with Gasteiger partial charge in [0.05, 0.1) is 0 Å². The van der Waals surface area contributed by atoms with Crippen molar-refractivity contribution in [1.82, 2.24) is 0 Å². The van der Waals surface area contributed by atoms with Gasteiger partial charge in [0, 0.05) is 11.5 Å². The van der Waals surface area contributed by atoms with E-state index in [0.29, 0.717) is 5.41 Å². The largest absolute Gasteiger partial charge is 0.103 e. The predicted molar refractivity (Wildman–Crippen MR) is 77.7 cm³/mol. The molecule has 0 saturated carbocycles. The molecule has 0 nitrogen and oxygen atoms in total. The molecule has 0 saturated heterocycles. The SMILES string of the molecule is C=CCC(CC)(CC)CSSCCCC. The lowest BCUT2D eigenvalue weighted by Gasteiger charge is -2.29. The van der Waals surface area contributed by atoms with Gasteiger partial charge in [-0.2, -0.15) is 0 Å². The Morgan fingerprint density at radius 1 is 1.13 bits per heavy atom. The molecule has 0 aliphatic rings. The van der Waals surface area contributed by atoms with E-state index in [-0.39, 0.29) is 0 Å². The minimum Gasteiger partial charge on any atom is -0.103 e. The van der Waals surface area contributed by atoms with Gasteiger partial charge in [-0.15, -0.1) is 6.58 Å². The van der Waals surface area contributed by atoms with Gasteiger partial charge in [-0.1, -0.05) is 54.9 Å². The van der Waals surface area contributed by atoms with Crippen molar-refractivity contribution in [3.63, 3.8) is 0 Å². The van der Waals surface area contributed by atoms with Crippen LogP contribution in [0.15, 0.2) is 12.7 Å². The van der Waals surface area contributed by atoms with Crippen molar-refractivity contribution in [3.05, 3.63) is 12.7 Å². The van der Waals surface area contributed by atoms with Crippen molar-refractivity contribution in [2.45, 2.75) is 52.9 Å². The summed E-state index contributed by atoms with van der Waals surface area (Å²) in [6.07, 6.45) is 8.47. The molecule has 0 unspecified atom stereocenters. The van der Waals surface area contributed by atoms with Crippen LogP contribution in [0.4, 0.5) is 0 Å². The van der Waals surface area contributed by atoms with Gasteiger partial charge in [0.2, 0.25) is 0 Å². The van der Waals surface area contributed by atoms with Crippen molar-refractivity contribution in [1.29, 1.82) is 0 Å². The molecular weight excluding hydrogens is 220 g/mol. The third-order valence-corrected chi connectivity index (χ3v) is 5.81. The first kappa shape index (κ1) is 15.4. The van der Waals surface area contributed by atoms with Crippen LogP contribution in [0.1, 0.15) is 52.9 Å². The van der Waals surface area contributed by atoms with Crippen LogP contribution in [0.25, 0.3) is 0 Å². The zero-order chi connectivity index (χ0) is 11.6. The van der Waals surface area contributed by atoms with E-state index in [9.17, 15) is 0 Å². The smallest absolute Gasteiger partial charge is 0.00963 e. The number of unbranched alkanes of at least 4 members (excludes halogenated alkanes) is 1. The van der Waals surface area contributed by atoms with E-state index in [1.165, 1.54) is 43.6 Å². The highest BCUT2D eigenvalue weighted by atomic mass is 33.1. The molecule has 0 aliphatic heterocycles. The van der Waals surface area contributed by atoms with Crippen molar-refractivity contribution in [2.75, 3.05) is 11.5 Å². The van der Waals surface area contributed by atoms with Crippen molar-refractivity contribution >= 4 is 21.6 Å². The Labute approximate surface area is 104 Å². The van der Waals surface area contributed by atoms with E-state index in [0.717, 1.165) is 0 Å². The van der Waals surface area contributed by atoms with Gasteiger partial charge in [0.25, 0.3) is 0 Å². The molecule has 0 fully saturated rings. The zero-order valence-electron chi connectivity index (χ0n) is 10.6. The topological polar surface area (TPSA) is 0 Å². The van der Waals surface area contributed by atoms with Crippen LogP contribution in [0.3, 0.4) is 0 Å². The van der Waals surface area contributed by atoms with Crippen LogP contribution in [0, 0.1) is 5.41 Å². The molecule has 0 radical (unpaired) electrons. The lowest BCUT2D eigenvalue weighted by atomic mass is 9.81. The Bertz CT molecular complexity index is 151. The third kappa shape index (κ3) is 6.57. The van der Waals surface area contributed by atoms with Gasteiger partial charge in [0.15, 0.2) is 0 Å². The molecule has 0 aliphatic carbocycles. The molecule has 2 heteroatoms. The number of hydrogen-bond acceptors (Lipinski definition) is 2. The molecule has 0 spiro atoms. The number of rotatable bonds is 10. The third-order valence-electron chi connectivity index (χ3n) is 3.11. The first-order chi connectivity index (χ1) is 7.24. The normalized spacial score (nSPS) is 11.7. The summed E-state index contributed by atoms with van der Waals surface area (Å²) < 4.78 is 0. The number of allylic oxidation sites excluding steroid dienone is 1. The van der Waals surface area contributed by atoms with Gasteiger partial charge in [-0.3, -0.25) is 0 Å². The van der Waals surface area contributed by atoms with Crippen LogP contribution < -0.4 is 0 Å². The maximum absolute atomic E-state index is 3.88. The van der Waals surface area contributed by atoms with E-state index in [2.05, 4.69) is 44.2 Å². The Morgan fingerprint density at radius 3 is 2.27 bits per heavy atom. The van der Waals surface area contributed by atoms with Crippen molar-refractivity contribution in [2.24, 2.45) is 5.41 Å². The van der Waals surface area contributed by atoms with E-state index >= 15 is 0 Å². The Kier molecular flexibility index (Phi) is 9.93. The Morgan fingerprint density at radius 2 is 1.80 bits per heavy atom. The van der Waals surface area contributed by atoms with Gasteiger partial charge >= 0.3 is 0 Å². The molecule has 0 aromatic heterocycles. The van der Waals surface area contributed by atoms with Crippen LogP contribution in [0.2, 0.25) is 0 Å². The van der Waals surface area contributed by atoms with E-state index in [1.54, 1.807) is 0 Å². The summed E-state index contributed by atoms with van der Waals surface area (Å²) in [5.41, 5.74) is 0.506. The van der Waals surface area contributed by atoms with Crippen LogP contribution in [-0.4, -0.2) is 11.5 Å². The van der Waals surface area contributed by atoms with Crippen molar-refractivity contribution in [3.8, 4) is 0 Å². The molecule has 0 aromatic rings. The first-order valence-corrected chi connectivity index (χ1v) is 8.58. The van der Waals surface area contributed by atoms with Crippen LogP contribution in [-0.2, 0) is 0 Å². The second kappa shape index (κ2) is 9.65. The summed E-state index contributed by atoms with van der Waals surface area (Å²) >= 11 is 0. The molecular formula is C13H26S2. The average Bonchev–Trinajstić information content (AvgIpc) is 2.27. The fourth-order valence-electron chi connectivity index (χ4n) is 1.54. The first-order valence-electron chi connectivity index (χ1n) is 6.10. The summed E-state index contributed by atoms with van der Waals surface area (Å²) in [7, 11) is 4.10. The van der Waals surface area contributed by atoms with E-state index in [4.69, 9.17) is 0 Å². The lowest BCUT2D eigenvalue weighted by Crippen LogP contribution is -2.20. The summed E-state index contributed by atoms with van der Waals surface area (Å²) in [6, 6.07) is 0. The molecule has 15 heavy (non-hydrogen) atoms. The molecule has 0 bridgehead atoms. The molecule has 0 heterocycles. The van der Waals surface area contributed by atoms with Gasteiger partial charge in [0.1, 0.15) is 0 Å². The summed E-state index contributed by atoms with van der Waals surface area (Å²) in [4.78, 5) is 0. The standard InChI is InChI=1S/C13H26S2/c1-5-9-11-14-15-12-13(7-3,8-4)10-6-2/h6H,2,5,7-12H2,1,3-4H3. The highest BCUT2D eigenvalue weighted by molar-refractivity contribution is 8.76. The van der Waals surface area contributed by atoms with E-state index in [1.807, 2.05) is 10.8 Å². The Hall–Kier alpha value is 0.440. The summed E-state index contributed by atoms with van der Waals surface area (Å²) in [6.45, 7) is 10.8. The molecule has 0 amide bonds. The molecule has 90 valence electrons. The minimum absolute atomic E-state index is 0.506. The fraction of sp³-hybridized carbons (Fsp3) is 0.846. The lowest BCUT2D eigenvalue weighted by molar-refractivity contribution is 0.312. The van der Waals surface area contributed by atoms with Gasteiger partial charge in [-0.05, 0) is 31.1 Å². The van der Waals surface area contributed by atoms with Gasteiger partial charge in [-0.25, -0.2) is 0 Å². The summed E-state index contributed by atoms with van der Waals surface area (Å²) in [5.74, 6) is 2.58. The zero-order valence-corrected chi connectivity index (χ0v) is 12.2. The van der Waals surface area contributed by atoms with Crippen molar-refractivity contribution < 1.29 is 0 Å². The fourth-order valence-corrected chi connectivity index (χ4v) is 4.63. The van der Waals surface area contributed by atoms with Crippen LogP contribution in [0.5, 0.6) is 0 Å². The van der Waals surface area contributed by atoms with Gasteiger partial charge < -0.3 is 0 Å². The quantitative estimate of drug-likeness (QED) is 0.281. The second-order valence-electron chi connectivity index (χ2n) is 4.14. The van der Waals surface area contributed by atoms with E-state index < -0.39 is 0 Å². The molecule has 0 N–H and O–H groups in total. The molecule has 0 rings (SSSR count). The highest BCUT2D eigenvalue weighted by Crippen LogP contribution is 2.38. The van der Waals surface area contributed by atoms with Crippen LogP contribution >= 0.6 is 21.6 Å².